The normalized spacial score (nSPS) is 14.1. The SMILES string of the molecule is CCCCC(CC)(CCOc1ccccc1)CNC. The van der Waals surface area contributed by atoms with Gasteiger partial charge in [-0.2, -0.15) is 0 Å². The summed E-state index contributed by atoms with van der Waals surface area (Å²) < 4.78 is 5.86. The van der Waals surface area contributed by atoms with Crippen molar-refractivity contribution in [1.82, 2.24) is 5.32 Å². The summed E-state index contributed by atoms with van der Waals surface area (Å²) >= 11 is 0. The molecule has 0 amide bonds. The number of hydrogen-bond donors (Lipinski definition) is 1. The first-order chi connectivity index (χ1) is 9.26. The van der Waals surface area contributed by atoms with E-state index in [9.17, 15) is 0 Å². The van der Waals surface area contributed by atoms with Gasteiger partial charge < -0.3 is 10.1 Å². The Morgan fingerprint density at radius 3 is 2.42 bits per heavy atom. The van der Waals surface area contributed by atoms with Gasteiger partial charge in [-0.05, 0) is 43.9 Å². The molecule has 0 saturated carbocycles. The van der Waals surface area contributed by atoms with Crippen molar-refractivity contribution < 1.29 is 4.74 Å². The second-order valence-electron chi connectivity index (χ2n) is 5.40. The first-order valence-electron chi connectivity index (χ1n) is 7.59. The van der Waals surface area contributed by atoms with E-state index in [4.69, 9.17) is 4.74 Å². The maximum Gasteiger partial charge on any atom is 0.119 e. The van der Waals surface area contributed by atoms with Crippen LogP contribution in [0.1, 0.15) is 46.0 Å². The van der Waals surface area contributed by atoms with Gasteiger partial charge >= 0.3 is 0 Å². The maximum atomic E-state index is 5.86. The zero-order valence-corrected chi connectivity index (χ0v) is 12.7. The molecule has 1 atom stereocenters. The third-order valence-corrected chi connectivity index (χ3v) is 4.01. The first kappa shape index (κ1) is 16.0. The van der Waals surface area contributed by atoms with E-state index in [1.54, 1.807) is 0 Å². The van der Waals surface area contributed by atoms with Crippen molar-refractivity contribution in [2.45, 2.75) is 46.0 Å². The fourth-order valence-electron chi connectivity index (χ4n) is 2.61. The van der Waals surface area contributed by atoms with Crippen molar-refractivity contribution >= 4 is 0 Å². The molecule has 108 valence electrons. The minimum Gasteiger partial charge on any atom is -0.494 e. The lowest BCUT2D eigenvalue weighted by Crippen LogP contribution is -2.33. The molecule has 0 aliphatic rings. The van der Waals surface area contributed by atoms with Gasteiger partial charge in [-0.25, -0.2) is 0 Å². The molecule has 0 fully saturated rings. The number of benzene rings is 1. The molecule has 1 unspecified atom stereocenters. The van der Waals surface area contributed by atoms with Crippen LogP contribution in [-0.2, 0) is 0 Å². The molecule has 1 rings (SSSR count). The Morgan fingerprint density at radius 1 is 1.11 bits per heavy atom. The van der Waals surface area contributed by atoms with E-state index in [0.717, 1.165) is 25.3 Å². The molecule has 1 N–H and O–H groups in total. The zero-order chi connectivity index (χ0) is 14.0. The number of hydrogen-bond acceptors (Lipinski definition) is 2. The van der Waals surface area contributed by atoms with Gasteiger partial charge in [0.05, 0.1) is 6.61 Å². The summed E-state index contributed by atoms with van der Waals surface area (Å²) in [6.07, 6.45) is 6.20. The predicted molar refractivity (Wildman–Crippen MR) is 82.7 cm³/mol. The van der Waals surface area contributed by atoms with Gasteiger partial charge in [0, 0.05) is 6.54 Å². The number of nitrogens with one attached hydrogen (secondary N) is 1. The third kappa shape index (κ3) is 5.65. The molecule has 2 heteroatoms. The molecule has 0 bridgehead atoms. The molecule has 1 aromatic rings. The molecule has 0 aliphatic carbocycles. The fourth-order valence-corrected chi connectivity index (χ4v) is 2.61. The van der Waals surface area contributed by atoms with Crippen LogP contribution in [0.4, 0.5) is 0 Å². The van der Waals surface area contributed by atoms with Gasteiger partial charge in [-0.15, -0.1) is 0 Å². The zero-order valence-electron chi connectivity index (χ0n) is 12.7. The Labute approximate surface area is 118 Å². The van der Waals surface area contributed by atoms with Crippen LogP contribution >= 0.6 is 0 Å². The summed E-state index contributed by atoms with van der Waals surface area (Å²) in [5.41, 5.74) is 0.388. The summed E-state index contributed by atoms with van der Waals surface area (Å²) in [5, 5.41) is 3.36. The lowest BCUT2D eigenvalue weighted by molar-refractivity contribution is 0.168. The van der Waals surface area contributed by atoms with Crippen molar-refractivity contribution in [3.63, 3.8) is 0 Å². The van der Waals surface area contributed by atoms with E-state index in [0.29, 0.717) is 5.41 Å². The summed E-state index contributed by atoms with van der Waals surface area (Å²) in [7, 11) is 2.05. The Balaban J connectivity index is 2.47. The molecular weight excluding hydrogens is 234 g/mol. The van der Waals surface area contributed by atoms with E-state index < -0.39 is 0 Å². The van der Waals surface area contributed by atoms with Crippen molar-refractivity contribution in [1.29, 1.82) is 0 Å². The van der Waals surface area contributed by atoms with Gasteiger partial charge in [0.15, 0.2) is 0 Å². The number of unbranched alkanes of at least 4 members (excludes halogenated alkanes) is 1. The van der Waals surface area contributed by atoms with Crippen LogP contribution in [0.25, 0.3) is 0 Å². The van der Waals surface area contributed by atoms with Gasteiger partial charge in [0.2, 0.25) is 0 Å². The first-order valence-corrected chi connectivity index (χ1v) is 7.59. The minimum atomic E-state index is 0.388. The van der Waals surface area contributed by atoms with Crippen LogP contribution < -0.4 is 10.1 Å². The molecule has 0 radical (unpaired) electrons. The largest absolute Gasteiger partial charge is 0.494 e. The van der Waals surface area contributed by atoms with Crippen LogP contribution in [0.2, 0.25) is 0 Å². The fraction of sp³-hybridized carbons (Fsp3) is 0.647. The average molecular weight is 263 g/mol. The van der Waals surface area contributed by atoms with E-state index in [1.165, 1.54) is 25.7 Å². The van der Waals surface area contributed by atoms with E-state index in [-0.39, 0.29) is 0 Å². The van der Waals surface area contributed by atoms with Crippen molar-refractivity contribution in [3.8, 4) is 5.75 Å². The summed E-state index contributed by atoms with van der Waals surface area (Å²) in [4.78, 5) is 0. The molecule has 0 spiro atoms. The van der Waals surface area contributed by atoms with Crippen LogP contribution in [-0.4, -0.2) is 20.2 Å². The lowest BCUT2D eigenvalue weighted by atomic mass is 9.77. The Morgan fingerprint density at radius 2 is 1.84 bits per heavy atom. The molecular formula is C17H29NO. The average Bonchev–Trinajstić information content (AvgIpc) is 2.46. The monoisotopic (exact) mass is 263 g/mol. The van der Waals surface area contributed by atoms with Gasteiger partial charge in [-0.1, -0.05) is 44.9 Å². The topological polar surface area (TPSA) is 21.3 Å². The highest BCUT2D eigenvalue weighted by Gasteiger charge is 2.26. The highest BCUT2D eigenvalue weighted by Crippen LogP contribution is 2.32. The van der Waals surface area contributed by atoms with Crippen molar-refractivity contribution in [2.75, 3.05) is 20.2 Å². The van der Waals surface area contributed by atoms with Crippen molar-refractivity contribution in [3.05, 3.63) is 30.3 Å². The lowest BCUT2D eigenvalue weighted by Gasteiger charge is -2.33. The van der Waals surface area contributed by atoms with Gasteiger partial charge in [0.25, 0.3) is 0 Å². The Kier molecular flexibility index (Phi) is 7.57. The van der Waals surface area contributed by atoms with Gasteiger partial charge in [0.1, 0.15) is 5.75 Å². The van der Waals surface area contributed by atoms with Gasteiger partial charge in [-0.3, -0.25) is 0 Å². The second kappa shape index (κ2) is 8.98. The molecule has 19 heavy (non-hydrogen) atoms. The second-order valence-corrected chi connectivity index (χ2v) is 5.40. The highest BCUT2D eigenvalue weighted by molar-refractivity contribution is 5.20. The van der Waals surface area contributed by atoms with E-state index in [2.05, 4.69) is 26.2 Å². The highest BCUT2D eigenvalue weighted by atomic mass is 16.5. The van der Waals surface area contributed by atoms with Crippen molar-refractivity contribution in [2.24, 2.45) is 5.41 Å². The standard InChI is InChI=1S/C17H29NO/c1-4-6-12-17(5-2,15-18-3)13-14-19-16-10-8-7-9-11-16/h7-11,18H,4-6,12-15H2,1-3H3. The minimum absolute atomic E-state index is 0.388. The van der Waals surface area contributed by atoms with Crippen LogP contribution in [0.5, 0.6) is 5.75 Å². The summed E-state index contributed by atoms with van der Waals surface area (Å²) in [6.45, 7) is 6.46. The number of ether oxygens (including phenoxy) is 1. The molecule has 0 aromatic heterocycles. The quantitative estimate of drug-likeness (QED) is 0.681. The maximum absolute atomic E-state index is 5.86. The molecule has 2 nitrogen and oxygen atoms in total. The molecule has 0 aliphatic heterocycles. The van der Waals surface area contributed by atoms with Crippen LogP contribution in [0.15, 0.2) is 30.3 Å². The van der Waals surface area contributed by atoms with E-state index >= 15 is 0 Å². The summed E-state index contributed by atoms with van der Waals surface area (Å²) in [6, 6.07) is 10.1. The van der Waals surface area contributed by atoms with Crippen LogP contribution in [0.3, 0.4) is 0 Å². The predicted octanol–water partition coefficient (Wildman–Crippen LogP) is 4.26. The third-order valence-electron chi connectivity index (χ3n) is 4.01. The Hall–Kier alpha value is -1.02. The molecule has 0 saturated heterocycles. The Bertz CT molecular complexity index is 325. The molecule has 1 aromatic carbocycles. The number of rotatable bonds is 10. The summed E-state index contributed by atoms with van der Waals surface area (Å²) in [5.74, 6) is 0.979. The van der Waals surface area contributed by atoms with Crippen LogP contribution in [0, 0.1) is 5.41 Å². The number of para-hydroxylation sites is 1. The van der Waals surface area contributed by atoms with E-state index in [1.807, 2.05) is 30.3 Å². The molecule has 0 heterocycles. The smallest absolute Gasteiger partial charge is 0.119 e.